The van der Waals surface area contributed by atoms with Gasteiger partial charge in [0.1, 0.15) is 11.6 Å². The minimum Gasteiger partial charge on any atom is -0.465 e. The Hall–Kier alpha value is -3.82. The first-order valence-corrected chi connectivity index (χ1v) is 10.2. The first kappa shape index (κ1) is 22.9. The number of benzene rings is 2. The molecule has 2 aromatic carbocycles. The van der Waals surface area contributed by atoms with Crippen LogP contribution in [-0.2, 0) is 9.53 Å². The molecule has 0 fully saturated rings. The molecular weight excluding hydrogens is 426 g/mol. The lowest BCUT2D eigenvalue weighted by molar-refractivity contribution is -0.112. The van der Waals surface area contributed by atoms with E-state index in [-0.39, 0.29) is 5.57 Å². The van der Waals surface area contributed by atoms with E-state index in [0.717, 1.165) is 28.2 Å². The van der Waals surface area contributed by atoms with Gasteiger partial charge in [-0.25, -0.2) is 4.79 Å². The van der Waals surface area contributed by atoms with Gasteiger partial charge in [-0.1, -0.05) is 17.7 Å². The van der Waals surface area contributed by atoms with Crippen LogP contribution in [0.15, 0.2) is 54.1 Å². The van der Waals surface area contributed by atoms with Gasteiger partial charge in [0, 0.05) is 27.8 Å². The Bertz CT molecular complexity index is 1260. The summed E-state index contributed by atoms with van der Waals surface area (Å²) in [7, 11) is 1.34. The number of esters is 1. The van der Waals surface area contributed by atoms with Gasteiger partial charge in [0.15, 0.2) is 0 Å². The number of nitrogens with one attached hydrogen (secondary N) is 1. The second-order valence-corrected chi connectivity index (χ2v) is 7.72. The lowest BCUT2D eigenvalue weighted by Crippen LogP contribution is -2.14. The normalized spacial score (nSPS) is 11.1. The van der Waals surface area contributed by atoms with Crippen LogP contribution in [0.2, 0.25) is 5.02 Å². The third kappa shape index (κ3) is 4.74. The highest BCUT2D eigenvalue weighted by atomic mass is 35.5. The molecule has 6 nitrogen and oxygen atoms in total. The van der Waals surface area contributed by atoms with Crippen molar-refractivity contribution in [3.63, 3.8) is 0 Å². The summed E-state index contributed by atoms with van der Waals surface area (Å²) < 4.78 is 6.73. The number of ether oxygens (including phenoxy) is 1. The SMILES string of the molecule is COC(=O)c1ccc(-n2c(C)cc(/C=C(\C#N)C(=O)Nc3cc(Cl)ccc3C)c2C)cc1. The summed E-state index contributed by atoms with van der Waals surface area (Å²) >= 11 is 6.02. The van der Waals surface area contributed by atoms with Crippen molar-refractivity contribution in [2.24, 2.45) is 0 Å². The number of nitriles is 1. The van der Waals surface area contributed by atoms with E-state index in [1.165, 1.54) is 7.11 Å². The smallest absolute Gasteiger partial charge is 0.337 e. The van der Waals surface area contributed by atoms with Gasteiger partial charge < -0.3 is 14.6 Å². The van der Waals surface area contributed by atoms with Gasteiger partial charge in [0.25, 0.3) is 5.91 Å². The van der Waals surface area contributed by atoms with Crippen molar-refractivity contribution in [3.05, 3.63) is 87.2 Å². The molecule has 0 aliphatic carbocycles. The number of rotatable bonds is 5. The zero-order valence-electron chi connectivity index (χ0n) is 18.2. The lowest BCUT2D eigenvalue weighted by Gasteiger charge is -2.10. The first-order valence-electron chi connectivity index (χ1n) is 9.82. The number of carbonyl (C=O) groups is 2. The Balaban J connectivity index is 1.92. The van der Waals surface area contributed by atoms with E-state index in [2.05, 4.69) is 5.32 Å². The highest BCUT2D eigenvalue weighted by molar-refractivity contribution is 6.31. The Kier molecular flexibility index (Phi) is 6.82. The summed E-state index contributed by atoms with van der Waals surface area (Å²) in [5.41, 5.74) is 5.20. The molecule has 0 bridgehead atoms. The first-order chi connectivity index (χ1) is 15.2. The zero-order chi connectivity index (χ0) is 23.4. The number of anilines is 1. The van der Waals surface area contributed by atoms with Crippen molar-refractivity contribution < 1.29 is 14.3 Å². The summed E-state index contributed by atoms with van der Waals surface area (Å²) in [4.78, 5) is 24.4. The number of methoxy groups -OCH3 is 1. The van der Waals surface area contributed by atoms with Crippen molar-refractivity contribution in [2.75, 3.05) is 12.4 Å². The molecule has 0 saturated carbocycles. The van der Waals surface area contributed by atoms with E-state index in [1.807, 2.05) is 49.6 Å². The second-order valence-electron chi connectivity index (χ2n) is 7.28. The van der Waals surface area contributed by atoms with E-state index in [9.17, 15) is 14.9 Å². The molecule has 1 heterocycles. The van der Waals surface area contributed by atoms with Crippen LogP contribution >= 0.6 is 11.6 Å². The standard InChI is InChI=1S/C25H22ClN3O3/c1-15-5-8-21(26)13-23(15)28-24(30)20(14-27)12-19-11-16(2)29(17(19)3)22-9-6-18(7-10-22)25(31)32-4/h5-13H,1-4H3,(H,28,30)/b20-12+. The number of amides is 1. The average molecular weight is 448 g/mol. The number of aromatic nitrogens is 1. The van der Waals surface area contributed by atoms with E-state index in [0.29, 0.717) is 16.3 Å². The largest absolute Gasteiger partial charge is 0.465 e. The molecule has 0 spiro atoms. The molecule has 162 valence electrons. The molecule has 0 radical (unpaired) electrons. The quantitative estimate of drug-likeness (QED) is 0.323. The monoisotopic (exact) mass is 447 g/mol. The minimum absolute atomic E-state index is 0.0225. The van der Waals surface area contributed by atoms with Crippen LogP contribution in [-0.4, -0.2) is 23.6 Å². The Morgan fingerprint density at radius 1 is 1.09 bits per heavy atom. The van der Waals surface area contributed by atoms with E-state index in [1.54, 1.807) is 36.4 Å². The van der Waals surface area contributed by atoms with Gasteiger partial charge >= 0.3 is 5.97 Å². The lowest BCUT2D eigenvalue weighted by atomic mass is 10.1. The number of hydrogen-bond acceptors (Lipinski definition) is 4. The van der Waals surface area contributed by atoms with Crippen LogP contribution in [0.3, 0.4) is 0 Å². The molecule has 1 N–H and O–H groups in total. The van der Waals surface area contributed by atoms with Crippen LogP contribution < -0.4 is 5.32 Å². The van der Waals surface area contributed by atoms with E-state index < -0.39 is 11.9 Å². The fourth-order valence-electron chi connectivity index (χ4n) is 3.42. The number of aryl methyl sites for hydroxylation is 2. The van der Waals surface area contributed by atoms with Gasteiger partial charge in [-0.3, -0.25) is 4.79 Å². The Morgan fingerprint density at radius 3 is 2.41 bits per heavy atom. The van der Waals surface area contributed by atoms with Crippen molar-refractivity contribution in [3.8, 4) is 11.8 Å². The van der Waals surface area contributed by atoms with Crippen LogP contribution in [0.25, 0.3) is 11.8 Å². The maximum atomic E-state index is 12.7. The minimum atomic E-state index is -0.509. The van der Waals surface area contributed by atoms with Gasteiger partial charge in [-0.15, -0.1) is 0 Å². The molecule has 32 heavy (non-hydrogen) atoms. The van der Waals surface area contributed by atoms with Gasteiger partial charge in [-0.2, -0.15) is 5.26 Å². The predicted octanol–water partition coefficient (Wildman–Crippen LogP) is 5.39. The molecule has 3 rings (SSSR count). The third-order valence-electron chi connectivity index (χ3n) is 5.13. The maximum absolute atomic E-state index is 12.7. The van der Waals surface area contributed by atoms with Crippen LogP contribution in [0.1, 0.15) is 32.9 Å². The van der Waals surface area contributed by atoms with Gasteiger partial charge in [0.05, 0.1) is 12.7 Å². The summed E-state index contributed by atoms with van der Waals surface area (Å²) in [5, 5.41) is 12.8. The number of carbonyl (C=O) groups excluding carboxylic acids is 2. The molecule has 0 unspecified atom stereocenters. The van der Waals surface area contributed by atoms with E-state index >= 15 is 0 Å². The summed E-state index contributed by atoms with van der Waals surface area (Å²) in [6.45, 7) is 5.68. The van der Waals surface area contributed by atoms with Crippen LogP contribution in [0.4, 0.5) is 5.69 Å². The summed E-state index contributed by atoms with van der Waals surface area (Å²) in [6, 6.07) is 16.1. The molecule has 0 saturated heterocycles. The summed E-state index contributed by atoms with van der Waals surface area (Å²) in [5.74, 6) is -0.911. The van der Waals surface area contributed by atoms with Crippen molar-refractivity contribution in [1.29, 1.82) is 5.26 Å². The molecule has 7 heteroatoms. The van der Waals surface area contributed by atoms with Crippen LogP contribution in [0.5, 0.6) is 0 Å². The molecule has 3 aromatic rings. The molecule has 1 aromatic heterocycles. The number of nitrogens with zero attached hydrogens (tertiary/aromatic N) is 2. The highest BCUT2D eigenvalue weighted by Gasteiger charge is 2.15. The van der Waals surface area contributed by atoms with Crippen molar-refractivity contribution >= 4 is 35.2 Å². The molecule has 1 amide bonds. The predicted molar refractivity (Wildman–Crippen MR) is 125 cm³/mol. The molecule has 0 aliphatic rings. The maximum Gasteiger partial charge on any atom is 0.337 e. The van der Waals surface area contributed by atoms with E-state index in [4.69, 9.17) is 16.3 Å². The summed E-state index contributed by atoms with van der Waals surface area (Å²) in [6.07, 6.45) is 1.57. The third-order valence-corrected chi connectivity index (χ3v) is 5.36. The van der Waals surface area contributed by atoms with Crippen molar-refractivity contribution in [1.82, 2.24) is 4.57 Å². The highest BCUT2D eigenvalue weighted by Crippen LogP contribution is 2.25. The Labute approximate surface area is 191 Å². The topological polar surface area (TPSA) is 84.1 Å². The van der Waals surface area contributed by atoms with Crippen molar-refractivity contribution in [2.45, 2.75) is 20.8 Å². The second kappa shape index (κ2) is 9.54. The Morgan fingerprint density at radius 2 is 1.78 bits per heavy atom. The molecule has 0 atom stereocenters. The number of hydrogen-bond donors (Lipinski definition) is 1. The fourth-order valence-corrected chi connectivity index (χ4v) is 3.59. The van der Waals surface area contributed by atoms with Crippen LogP contribution in [0, 0.1) is 32.1 Å². The molecular formula is C25H22ClN3O3. The van der Waals surface area contributed by atoms with Gasteiger partial charge in [-0.05, 0) is 80.4 Å². The van der Waals surface area contributed by atoms with Gasteiger partial charge in [0.2, 0.25) is 0 Å². The zero-order valence-corrected chi connectivity index (χ0v) is 18.9. The fraction of sp³-hybridized carbons (Fsp3) is 0.160. The number of halogens is 1. The average Bonchev–Trinajstić information content (AvgIpc) is 3.06. The molecule has 0 aliphatic heterocycles.